The summed E-state index contributed by atoms with van der Waals surface area (Å²) >= 11 is 5.31. The lowest BCUT2D eigenvalue weighted by molar-refractivity contribution is 0.626. The molecule has 90 valence electrons. The average Bonchev–Trinajstić information content (AvgIpc) is 2.64. The summed E-state index contributed by atoms with van der Waals surface area (Å²) in [6.45, 7) is 2.02. The van der Waals surface area contributed by atoms with Crippen molar-refractivity contribution in [2.24, 2.45) is 0 Å². The first-order valence-corrected chi connectivity index (χ1v) is 6.03. The maximum atomic E-state index is 13.3. The molecule has 0 saturated heterocycles. The van der Waals surface area contributed by atoms with Gasteiger partial charge in [-0.15, -0.1) is 0 Å². The van der Waals surface area contributed by atoms with Crippen LogP contribution in [0.2, 0.25) is 0 Å². The number of imidazole rings is 1. The number of aryl methyl sites for hydroxylation is 1. The monoisotopic (exact) mass is 258 g/mol. The van der Waals surface area contributed by atoms with E-state index in [1.165, 1.54) is 12.1 Å². The Labute approximate surface area is 109 Å². The third-order valence-corrected chi connectivity index (χ3v) is 3.19. The highest BCUT2D eigenvalue weighted by Crippen LogP contribution is 2.21. The third-order valence-electron chi connectivity index (χ3n) is 2.91. The molecule has 0 radical (unpaired) electrons. The van der Waals surface area contributed by atoms with Crippen LogP contribution in [0.1, 0.15) is 5.56 Å². The van der Waals surface area contributed by atoms with Crippen LogP contribution in [-0.2, 0) is 0 Å². The minimum absolute atomic E-state index is 0.267. The van der Waals surface area contributed by atoms with E-state index in [0.29, 0.717) is 4.77 Å². The lowest BCUT2D eigenvalue weighted by Crippen LogP contribution is -1.94. The van der Waals surface area contributed by atoms with Crippen LogP contribution in [-0.4, -0.2) is 9.55 Å². The summed E-state index contributed by atoms with van der Waals surface area (Å²) in [4.78, 5) is 3.13. The molecule has 0 saturated carbocycles. The second-order valence-corrected chi connectivity index (χ2v) is 4.65. The normalized spacial score (nSPS) is 11.0. The molecule has 0 aliphatic rings. The summed E-state index contributed by atoms with van der Waals surface area (Å²) in [6.07, 6.45) is 0. The minimum Gasteiger partial charge on any atom is -0.330 e. The summed E-state index contributed by atoms with van der Waals surface area (Å²) in [6, 6.07) is 12.5. The lowest BCUT2D eigenvalue weighted by atomic mass is 10.2. The molecule has 1 aromatic heterocycles. The van der Waals surface area contributed by atoms with Crippen molar-refractivity contribution in [1.29, 1.82) is 0 Å². The van der Waals surface area contributed by atoms with E-state index in [1.54, 1.807) is 6.07 Å². The van der Waals surface area contributed by atoms with Crippen molar-refractivity contribution in [2.75, 3.05) is 0 Å². The average molecular weight is 258 g/mol. The Morgan fingerprint density at radius 1 is 1.17 bits per heavy atom. The van der Waals surface area contributed by atoms with Crippen molar-refractivity contribution in [1.82, 2.24) is 9.55 Å². The van der Waals surface area contributed by atoms with Gasteiger partial charge in [0.2, 0.25) is 0 Å². The Morgan fingerprint density at radius 3 is 2.78 bits per heavy atom. The van der Waals surface area contributed by atoms with Crippen LogP contribution in [0.5, 0.6) is 0 Å². The Kier molecular flexibility index (Phi) is 2.52. The topological polar surface area (TPSA) is 20.7 Å². The number of hydrogen-bond acceptors (Lipinski definition) is 1. The van der Waals surface area contributed by atoms with Gasteiger partial charge in [-0.1, -0.05) is 12.1 Å². The van der Waals surface area contributed by atoms with Crippen molar-refractivity contribution in [3.63, 3.8) is 0 Å². The fourth-order valence-corrected chi connectivity index (χ4v) is 2.40. The number of fused-ring (bicyclic) bond motifs is 1. The van der Waals surface area contributed by atoms with Gasteiger partial charge in [-0.05, 0) is 55.0 Å². The maximum absolute atomic E-state index is 13.3. The summed E-state index contributed by atoms with van der Waals surface area (Å²) in [5.74, 6) is -0.267. The number of aromatic amines is 1. The first kappa shape index (κ1) is 11.2. The van der Waals surface area contributed by atoms with E-state index >= 15 is 0 Å². The fraction of sp³-hybridized carbons (Fsp3) is 0.0714. The largest absolute Gasteiger partial charge is 0.330 e. The maximum Gasteiger partial charge on any atom is 0.182 e. The van der Waals surface area contributed by atoms with Crippen molar-refractivity contribution in [2.45, 2.75) is 6.92 Å². The van der Waals surface area contributed by atoms with E-state index in [0.717, 1.165) is 22.3 Å². The Bertz CT molecular complexity index is 786. The molecule has 4 heteroatoms. The van der Waals surface area contributed by atoms with Gasteiger partial charge in [0.1, 0.15) is 5.82 Å². The number of nitrogens with zero attached hydrogens (tertiary/aromatic N) is 1. The van der Waals surface area contributed by atoms with Gasteiger partial charge >= 0.3 is 0 Å². The fourth-order valence-electron chi connectivity index (χ4n) is 2.08. The van der Waals surface area contributed by atoms with E-state index in [9.17, 15) is 4.39 Å². The molecule has 18 heavy (non-hydrogen) atoms. The van der Waals surface area contributed by atoms with Crippen molar-refractivity contribution >= 4 is 23.3 Å². The molecule has 1 heterocycles. The zero-order chi connectivity index (χ0) is 12.7. The smallest absolute Gasteiger partial charge is 0.182 e. The van der Waals surface area contributed by atoms with Crippen LogP contribution in [0.15, 0.2) is 42.5 Å². The van der Waals surface area contributed by atoms with Gasteiger partial charge in [0.15, 0.2) is 4.77 Å². The van der Waals surface area contributed by atoms with Crippen molar-refractivity contribution in [3.8, 4) is 5.69 Å². The van der Waals surface area contributed by atoms with E-state index in [4.69, 9.17) is 12.2 Å². The molecule has 0 atom stereocenters. The molecule has 0 aliphatic heterocycles. The molecule has 3 rings (SSSR count). The molecule has 0 bridgehead atoms. The zero-order valence-electron chi connectivity index (χ0n) is 9.77. The van der Waals surface area contributed by atoms with Gasteiger partial charge in [-0.2, -0.15) is 0 Å². The van der Waals surface area contributed by atoms with Gasteiger partial charge in [0.05, 0.1) is 16.7 Å². The van der Waals surface area contributed by atoms with Crippen LogP contribution in [0.25, 0.3) is 16.7 Å². The lowest BCUT2D eigenvalue weighted by Gasteiger charge is -2.04. The molecule has 0 amide bonds. The number of benzene rings is 2. The summed E-state index contributed by atoms with van der Waals surface area (Å²) in [5.41, 5.74) is 3.79. The second kappa shape index (κ2) is 4.07. The number of hydrogen-bond donors (Lipinski definition) is 1. The van der Waals surface area contributed by atoms with Gasteiger partial charge in [0, 0.05) is 0 Å². The number of halogens is 1. The molecular weight excluding hydrogens is 247 g/mol. The van der Waals surface area contributed by atoms with Gasteiger partial charge in [-0.3, -0.25) is 4.57 Å². The van der Waals surface area contributed by atoms with Gasteiger partial charge in [0.25, 0.3) is 0 Å². The molecule has 0 fully saturated rings. The highest BCUT2D eigenvalue weighted by molar-refractivity contribution is 7.71. The quantitative estimate of drug-likeness (QED) is 0.651. The number of rotatable bonds is 1. The van der Waals surface area contributed by atoms with Crippen LogP contribution < -0.4 is 0 Å². The molecule has 2 nitrogen and oxygen atoms in total. The van der Waals surface area contributed by atoms with Crippen molar-refractivity contribution < 1.29 is 4.39 Å². The summed E-state index contributed by atoms with van der Waals surface area (Å²) < 4.78 is 15.7. The molecule has 1 N–H and O–H groups in total. The van der Waals surface area contributed by atoms with E-state index in [2.05, 4.69) is 4.98 Å². The molecule has 0 aliphatic carbocycles. The molecular formula is C14H11FN2S. The predicted octanol–water partition coefficient (Wildman–Crippen LogP) is 4.14. The number of H-pyrrole nitrogens is 1. The van der Waals surface area contributed by atoms with E-state index in [1.807, 2.05) is 35.8 Å². The molecule has 2 aromatic carbocycles. The second-order valence-electron chi connectivity index (χ2n) is 4.27. The van der Waals surface area contributed by atoms with E-state index < -0.39 is 0 Å². The van der Waals surface area contributed by atoms with Gasteiger partial charge < -0.3 is 4.98 Å². The van der Waals surface area contributed by atoms with Crippen LogP contribution in [0, 0.1) is 17.5 Å². The Balaban J connectivity index is 2.38. The number of nitrogens with one attached hydrogen (secondary N) is 1. The van der Waals surface area contributed by atoms with Crippen LogP contribution >= 0.6 is 12.2 Å². The van der Waals surface area contributed by atoms with Gasteiger partial charge in [-0.25, -0.2) is 4.39 Å². The van der Waals surface area contributed by atoms with Crippen LogP contribution in [0.4, 0.5) is 4.39 Å². The van der Waals surface area contributed by atoms with Crippen LogP contribution in [0.3, 0.4) is 0 Å². The first-order chi connectivity index (χ1) is 8.65. The highest BCUT2D eigenvalue weighted by Gasteiger charge is 2.07. The highest BCUT2D eigenvalue weighted by atomic mass is 32.1. The minimum atomic E-state index is -0.267. The predicted molar refractivity (Wildman–Crippen MR) is 73.2 cm³/mol. The number of aromatic nitrogens is 2. The van der Waals surface area contributed by atoms with Crippen molar-refractivity contribution in [3.05, 3.63) is 58.6 Å². The Hall–Kier alpha value is -1.94. The summed E-state index contributed by atoms with van der Waals surface area (Å²) in [5, 5.41) is 0. The molecule has 0 spiro atoms. The molecule has 3 aromatic rings. The molecule has 0 unspecified atom stereocenters. The standard InChI is InChI=1S/C14H11FN2S/c1-9-5-6-12-13(7-9)17(14(18)16-12)11-4-2-3-10(15)8-11/h2-8H,1H3,(H,16,18). The summed E-state index contributed by atoms with van der Waals surface area (Å²) in [7, 11) is 0. The van der Waals surface area contributed by atoms with E-state index in [-0.39, 0.29) is 5.82 Å². The first-order valence-electron chi connectivity index (χ1n) is 5.62. The third kappa shape index (κ3) is 1.75. The Morgan fingerprint density at radius 2 is 2.00 bits per heavy atom. The SMILES string of the molecule is Cc1ccc2[nH]c(=S)n(-c3cccc(F)c3)c2c1. The zero-order valence-corrected chi connectivity index (χ0v) is 10.6.